The lowest BCUT2D eigenvalue weighted by atomic mass is 9.87. The van der Waals surface area contributed by atoms with Crippen molar-refractivity contribution in [2.75, 3.05) is 12.8 Å². The molecule has 26 heavy (non-hydrogen) atoms. The number of halogens is 1. The molecular weight excluding hydrogens is 358 g/mol. The third-order valence-electron chi connectivity index (χ3n) is 4.42. The van der Waals surface area contributed by atoms with E-state index >= 15 is 0 Å². The van der Waals surface area contributed by atoms with Crippen LogP contribution in [0.25, 0.3) is 0 Å². The summed E-state index contributed by atoms with van der Waals surface area (Å²) in [5.74, 6) is -0.222. The maximum absolute atomic E-state index is 12.6. The number of nitro benzene ring substituents is 1. The Morgan fingerprint density at radius 1 is 1.31 bits per heavy atom. The number of nitrogens with one attached hydrogen (secondary N) is 1. The Kier molecular flexibility index (Phi) is 6.05. The van der Waals surface area contributed by atoms with Crippen LogP contribution in [0.1, 0.15) is 40.4 Å². The van der Waals surface area contributed by atoms with Gasteiger partial charge >= 0.3 is 5.69 Å². The van der Waals surface area contributed by atoms with Crippen molar-refractivity contribution in [1.29, 1.82) is 0 Å². The molecule has 3 N–H and O–H groups in total. The Bertz CT molecular complexity index is 841. The number of nitrogens with two attached hydrogens (primary N) is 1. The first-order valence-corrected chi connectivity index (χ1v) is 8.01. The van der Waals surface area contributed by atoms with Crippen LogP contribution in [-0.4, -0.2) is 17.9 Å². The Morgan fingerprint density at radius 3 is 2.77 bits per heavy atom. The molecule has 0 saturated carbocycles. The van der Waals surface area contributed by atoms with Gasteiger partial charge in [-0.15, -0.1) is 12.4 Å². The lowest BCUT2D eigenvalue weighted by Gasteiger charge is -2.26. The molecule has 2 aromatic carbocycles. The molecule has 0 aromatic heterocycles. The molecule has 0 heterocycles. The van der Waals surface area contributed by atoms with Gasteiger partial charge in [0.15, 0.2) is 5.75 Å². The highest BCUT2D eigenvalue weighted by molar-refractivity contribution is 5.95. The number of amides is 1. The number of hydrogen-bond acceptors (Lipinski definition) is 5. The summed E-state index contributed by atoms with van der Waals surface area (Å²) in [6.45, 7) is 0. The minimum absolute atomic E-state index is 0. The molecule has 1 aliphatic carbocycles. The van der Waals surface area contributed by atoms with Crippen LogP contribution >= 0.6 is 12.4 Å². The van der Waals surface area contributed by atoms with Crippen LogP contribution in [0.15, 0.2) is 36.4 Å². The molecule has 1 aliphatic rings. The average Bonchev–Trinajstić information content (AvgIpc) is 2.60. The van der Waals surface area contributed by atoms with Gasteiger partial charge in [0, 0.05) is 17.3 Å². The zero-order chi connectivity index (χ0) is 18.0. The van der Waals surface area contributed by atoms with Crippen LogP contribution in [0.5, 0.6) is 5.75 Å². The Labute approximate surface area is 157 Å². The lowest BCUT2D eigenvalue weighted by Crippen LogP contribution is -2.31. The molecular formula is C18H20ClN3O4. The molecule has 1 amide bonds. The van der Waals surface area contributed by atoms with Gasteiger partial charge in [0.25, 0.3) is 5.91 Å². The Hall–Kier alpha value is -2.80. The standard InChI is InChI=1S/C18H19N3O4.ClH/c1-25-17-8-5-12(10-16(17)21(23)24)18(22)20-15-4-2-3-11-9-13(19)6-7-14(11)15;/h5-10,15H,2-4,19H2,1H3,(H,20,22);1H. The summed E-state index contributed by atoms with van der Waals surface area (Å²) in [6.07, 6.45) is 2.70. The summed E-state index contributed by atoms with van der Waals surface area (Å²) in [6, 6.07) is 9.76. The van der Waals surface area contributed by atoms with Crippen molar-refractivity contribution in [2.45, 2.75) is 25.3 Å². The van der Waals surface area contributed by atoms with Gasteiger partial charge in [0.05, 0.1) is 18.1 Å². The van der Waals surface area contributed by atoms with Crippen molar-refractivity contribution in [3.8, 4) is 5.75 Å². The van der Waals surface area contributed by atoms with Gasteiger partial charge in [-0.1, -0.05) is 6.07 Å². The highest BCUT2D eigenvalue weighted by Gasteiger charge is 2.24. The van der Waals surface area contributed by atoms with Crippen LogP contribution in [-0.2, 0) is 6.42 Å². The van der Waals surface area contributed by atoms with Gasteiger partial charge in [-0.05, 0) is 54.7 Å². The molecule has 1 atom stereocenters. The zero-order valence-corrected chi connectivity index (χ0v) is 15.0. The van der Waals surface area contributed by atoms with Gasteiger partial charge in [-0.3, -0.25) is 14.9 Å². The third-order valence-corrected chi connectivity index (χ3v) is 4.42. The fourth-order valence-corrected chi connectivity index (χ4v) is 3.20. The largest absolute Gasteiger partial charge is 0.490 e. The second-order valence-corrected chi connectivity index (χ2v) is 6.02. The molecule has 0 saturated heterocycles. The predicted molar refractivity (Wildman–Crippen MR) is 101 cm³/mol. The molecule has 0 aliphatic heterocycles. The number of rotatable bonds is 4. The number of carbonyl (C=O) groups is 1. The van der Waals surface area contributed by atoms with E-state index in [9.17, 15) is 14.9 Å². The summed E-state index contributed by atoms with van der Waals surface area (Å²) in [5.41, 5.74) is 8.72. The Balaban J connectivity index is 0.00000243. The maximum Gasteiger partial charge on any atom is 0.311 e. The van der Waals surface area contributed by atoms with Gasteiger partial charge in [-0.25, -0.2) is 0 Å². The van der Waals surface area contributed by atoms with E-state index in [1.807, 2.05) is 18.2 Å². The van der Waals surface area contributed by atoms with E-state index in [4.69, 9.17) is 10.5 Å². The van der Waals surface area contributed by atoms with E-state index in [1.54, 1.807) is 0 Å². The number of methoxy groups -OCH3 is 1. The average molecular weight is 378 g/mol. The molecule has 7 nitrogen and oxygen atoms in total. The van der Waals surface area contributed by atoms with Gasteiger partial charge in [0.1, 0.15) is 0 Å². The first kappa shape index (κ1) is 19.5. The van der Waals surface area contributed by atoms with Crippen molar-refractivity contribution in [1.82, 2.24) is 5.32 Å². The van der Waals surface area contributed by atoms with E-state index in [0.29, 0.717) is 5.69 Å². The highest BCUT2D eigenvalue weighted by Crippen LogP contribution is 2.32. The summed E-state index contributed by atoms with van der Waals surface area (Å²) >= 11 is 0. The van der Waals surface area contributed by atoms with Crippen molar-refractivity contribution in [2.24, 2.45) is 0 Å². The minimum Gasteiger partial charge on any atom is -0.490 e. The molecule has 3 rings (SSSR count). The fourth-order valence-electron chi connectivity index (χ4n) is 3.20. The van der Waals surface area contributed by atoms with Crippen LogP contribution in [0.3, 0.4) is 0 Å². The van der Waals surface area contributed by atoms with Crippen LogP contribution in [0.2, 0.25) is 0 Å². The quantitative estimate of drug-likeness (QED) is 0.482. The SMILES string of the molecule is COc1ccc(C(=O)NC2CCCc3cc(N)ccc32)cc1[N+](=O)[O-].Cl. The zero-order valence-electron chi connectivity index (χ0n) is 14.2. The summed E-state index contributed by atoms with van der Waals surface area (Å²) in [5, 5.41) is 14.1. The number of carbonyl (C=O) groups excluding carboxylic acids is 1. The smallest absolute Gasteiger partial charge is 0.311 e. The van der Waals surface area contributed by atoms with Crippen LogP contribution in [0, 0.1) is 10.1 Å². The normalized spacial score (nSPS) is 15.3. The Morgan fingerprint density at radius 2 is 2.08 bits per heavy atom. The molecule has 1 unspecified atom stereocenters. The molecule has 138 valence electrons. The monoisotopic (exact) mass is 377 g/mol. The van der Waals surface area contributed by atoms with Crippen LogP contribution < -0.4 is 15.8 Å². The minimum atomic E-state index is -0.561. The summed E-state index contributed by atoms with van der Waals surface area (Å²) < 4.78 is 4.96. The number of benzene rings is 2. The number of fused-ring (bicyclic) bond motifs is 1. The number of hydrogen-bond donors (Lipinski definition) is 2. The first-order valence-electron chi connectivity index (χ1n) is 8.01. The number of nitrogens with zero attached hydrogens (tertiary/aromatic N) is 1. The molecule has 0 fully saturated rings. The van der Waals surface area contributed by atoms with Crippen molar-refractivity contribution < 1.29 is 14.5 Å². The molecule has 8 heteroatoms. The number of nitrogen functional groups attached to an aromatic ring is 1. The van der Waals surface area contributed by atoms with Gasteiger partial charge in [-0.2, -0.15) is 0 Å². The van der Waals surface area contributed by atoms with Crippen molar-refractivity contribution in [3.05, 3.63) is 63.2 Å². The van der Waals surface area contributed by atoms with Crippen molar-refractivity contribution >= 4 is 29.7 Å². The van der Waals surface area contributed by atoms with E-state index in [-0.39, 0.29) is 41.4 Å². The highest BCUT2D eigenvalue weighted by atomic mass is 35.5. The predicted octanol–water partition coefficient (Wildman–Crippen LogP) is 3.41. The van der Waals surface area contributed by atoms with Gasteiger partial charge in [0.2, 0.25) is 0 Å². The molecule has 2 aromatic rings. The molecule has 0 radical (unpaired) electrons. The number of ether oxygens (including phenoxy) is 1. The lowest BCUT2D eigenvalue weighted by molar-refractivity contribution is -0.385. The maximum atomic E-state index is 12.6. The van der Waals surface area contributed by atoms with Crippen LogP contribution in [0.4, 0.5) is 11.4 Å². The fraction of sp³-hybridized carbons (Fsp3) is 0.278. The van der Waals surface area contributed by atoms with E-state index in [1.165, 1.54) is 25.3 Å². The number of anilines is 1. The number of aryl methyl sites for hydroxylation is 1. The third kappa shape index (κ3) is 3.88. The summed E-state index contributed by atoms with van der Waals surface area (Å²) in [4.78, 5) is 23.1. The topological polar surface area (TPSA) is 107 Å². The second kappa shape index (κ2) is 8.05. The van der Waals surface area contributed by atoms with E-state index < -0.39 is 4.92 Å². The summed E-state index contributed by atoms with van der Waals surface area (Å²) in [7, 11) is 1.35. The van der Waals surface area contributed by atoms with E-state index in [2.05, 4.69) is 5.32 Å². The second-order valence-electron chi connectivity index (χ2n) is 6.02. The molecule has 0 spiro atoms. The van der Waals surface area contributed by atoms with Crippen molar-refractivity contribution in [3.63, 3.8) is 0 Å². The number of nitro groups is 1. The van der Waals surface area contributed by atoms with E-state index in [0.717, 1.165) is 30.4 Å². The first-order chi connectivity index (χ1) is 12.0. The molecule has 0 bridgehead atoms. The van der Waals surface area contributed by atoms with Gasteiger partial charge < -0.3 is 15.8 Å².